The third-order valence-electron chi connectivity index (χ3n) is 3.91. The molecule has 0 aliphatic carbocycles. The number of rotatable bonds is 6. The maximum absolute atomic E-state index is 12.4. The summed E-state index contributed by atoms with van der Waals surface area (Å²) >= 11 is 3.42. The summed E-state index contributed by atoms with van der Waals surface area (Å²) in [6.07, 6.45) is 6.93. The molecule has 1 amide bonds. The zero-order valence-corrected chi connectivity index (χ0v) is 15.8. The molecule has 0 fully saturated rings. The molecule has 136 valence electrons. The van der Waals surface area contributed by atoms with E-state index in [-0.39, 0.29) is 11.7 Å². The van der Waals surface area contributed by atoms with Crippen LogP contribution in [0.2, 0.25) is 0 Å². The number of hydrogen-bond acceptors (Lipinski definition) is 4. The largest absolute Gasteiger partial charge is 0.454 e. The Bertz CT molecular complexity index is 1030. The number of amides is 1. The SMILES string of the molecule is O=C(Nc1cnn(Cc2ccc(Br)cc2)c1)c1ccc(Cn2cccn2)o1. The predicted molar refractivity (Wildman–Crippen MR) is 103 cm³/mol. The normalized spacial score (nSPS) is 10.9. The van der Waals surface area contributed by atoms with Crippen molar-refractivity contribution in [1.29, 1.82) is 0 Å². The van der Waals surface area contributed by atoms with Crippen LogP contribution in [-0.2, 0) is 13.1 Å². The third kappa shape index (κ3) is 4.35. The highest BCUT2D eigenvalue weighted by Gasteiger charge is 2.13. The highest BCUT2D eigenvalue weighted by molar-refractivity contribution is 9.10. The van der Waals surface area contributed by atoms with Gasteiger partial charge in [0.05, 0.1) is 25.0 Å². The van der Waals surface area contributed by atoms with Crippen molar-refractivity contribution in [2.24, 2.45) is 0 Å². The third-order valence-corrected chi connectivity index (χ3v) is 4.44. The fourth-order valence-electron chi connectivity index (χ4n) is 2.62. The van der Waals surface area contributed by atoms with Crippen LogP contribution < -0.4 is 5.32 Å². The molecule has 0 spiro atoms. The smallest absolute Gasteiger partial charge is 0.291 e. The number of benzene rings is 1. The van der Waals surface area contributed by atoms with Gasteiger partial charge in [0.25, 0.3) is 5.91 Å². The summed E-state index contributed by atoms with van der Waals surface area (Å²) in [4.78, 5) is 12.4. The second-order valence-corrected chi connectivity index (χ2v) is 6.89. The van der Waals surface area contributed by atoms with Crippen molar-refractivity contribution >= 4 is 27.5 Å². The monoisotopic (exact) mass is 425 g/mol. The molecular weight excluding hydrogens is 410 g/mol. The van der Waals surface area contributed by atoms with Crippen LogP contribution in [0.3, 0.4) is 0 Å². The fourth-order valence-corrected chi connectivity index (χ4v) is 2.89. The average molecular weight is 426 g/mol. The van der Waals surface area contributed by atoms with Crippen molar-refractivity contribution < 1.29 is 9.21 Å². The Hall–Kier alpha value is -3.13. The lowest BCUT2D eigenvalue weighted by Crippen LogP contribution is -2.10. The van der Waals surface area contributed by atoms with E-state index >= 15 is 0 Å². The van der Waals surface area contributed by atoms with E-state index in [1.54, 1.807) is 40.1 Å². The van der Waals surface area contributed by atoms with Gasteiger partial charge in [-0.05, 0) is 35.9 Å². The number of carbonyl (C=O) groups is 1. The van der Waals surface area contributed by atoms with Crippen LogP contribution in [0.25, 0.3) is 0 Å². The summed E-state index contributed by atoms with van der Waals surface area (Å²) in [6, 6.07) is 13.3. The number of anilines is 1. The Morgan fingerprint density at radius 2 is 1.93 bits per heavy atom. The van der Waals surface area contributed by atoms with Gasteiger partial charge in [0.15, 0.2) is 5.76 Å². The minimum atomic E-state index is -0.315. The first-order chi connectivity index (χ1) is 13.2. The first kappa shape index (κ1) is 17.3. The van der Waals surface area contributed by atoms with Gasteiger partial charge in [-0.25, -0.2) is 0 Å². The van der Waals surface area contributed by atoms with Crippen LogP contribution in [0.5, 0.6) is 0 Å². The van der Waals surface area contributed by atoms with E-state index in [4.69, 9.17) is 4.42 Å². The number of aromatic nitrogens is 4. The van der Waals surface area contributed by atoms with Crippen LogP contribution >= 0.6 is 15.9 Å². The highest BCUT2D eigenvalue weighted by Crippen LogP contribution is 2.15. The molecule has 4 aromatic rings. The first-order valence-corrected chi connectivity index (χ1v) is 9.09. The van der Waals surface area contributed by atoms with Crippen LogP contribution in [0.4, 0.5) is 5.69 Å². The number of furan rings is 1. The molecule has 0 saturated heterocycles. The van der Waals surface area contributed by atoms with Crippen molar-refractivity contribution in [2.45, 2.75) is 13.1 Å². The topological polar surface area (TPSA) is 77.9 Å². The van der Waals surface area contributed by atoms with E-state index in [0.29, 0.717) is 24.5 Å². The Kier molecular flexibility index (Phi) is 4.88. The van der Waals surface area contributed by atoms with Crippen LogP contribution in [0.1, 0.15) is 21.9 Å². The van der Waals surface area contributed by atoms with Crippen molar-refractivity contribution in [1.82, 2.24) is 19.6 Å². The number of nitrogens with one attached hydrogen (secondary N) is 1. The molecule has 0 radical (unpaired) electrons. The molecule has 0 unspecified atom stereocenters. The van der Waals surface area contributed by atoms with E-state index < -0.39 is 0 Å². The molecule has 0 bridgehead atoms. The zero-order chi connectivity index (χ0) is 18.6. The molecule has 3 heterocycles. The summed E-state index contributed by atoms with van der Waals surface area (Å²) in [5.41, 5.74) is 1.73. The van der Waals surface area contributed by atoms with Gasteiger partial charge in [-0.15, -0.1) is 0 Å². The van der Waals surface area contributed by atoms with Gasteiger partial charge in [-0.2, -0.15) is 10.2 Å². The molecule has 0 aliphatic heterocycles. The van der Waals surface area contributed by atoms with E-state index in [1.807, 2.05) is 36.5 Å². The summed E-state index contributed by atoms with van der Waals surface area (Å²) in [5, 5.41) is 11.2. The molecule has 0 saturated carbocycles. The van der Waals surface area contributed by atoms with Crippen LogP contribution in [-0.4, -0.2) is 25.5 Å². The molecule has 3 aromatic heterocycles. The molecule has 0 aliphatic rings. The number of halogens is 1. The summed E-state index contributed by atoms with van der Waals surface area (Å²) < 4.78 is 10.1. The molecule has 7 nitrogen and oxygen atoms in total. The first-order valence-electron chi connectivity index (χ1n) is 8.30. The van der Waals surface area contributed by atoms with Crippen LogP contribution in [0, 0.1) is 0 Å². The van der Waals surface area contributed by atoms with Crippen molar-refractivity contribution in [3.8, 4) is 0 Å². The second-order valence-electron chi connectivity index (χ2n) is 5.98. The molecule has 1 N–H and O–H groups in total. The lowest BCUT2D eigenvalue weighted by Gasteiger charge is -2.02. The number of hydrogen-bond donors (Lipinski definition) is 1. The van der Waals surface area contributed by atoms with E-state index in [1.165, 1.54) is 0 Å². The second kappa shape index (κ2) is 7.63. The summed E-state index contributed by atoms with van der Waals surface area (Å²) in [5.74, 6) is 0.595. The molecule has 27 heavy (non-hydrogen) atoms. The van der Waals surface area contributed by atoms with E-state index in [2.05, 4.69) is 31.4 Å². The van der Waals surface area contributed by atoms with E-state index in [9.17, 15) is 4.79 Å². The van der Waals surface area contributed by atoms with Crippen molar-refractivity contribution in [2.75, 3.05) is 5.32 Å². The molecule has 4 rings (SSSR count). The standard InChI is InChI=1S/C19H16BrN5O2/c20-15-4-2-14(3-5-15)11-25-12-16(10-22-25)23-19(26)18-7-6-17(27-18)13-24-9-1-8-21-24/h1-10,12H,11,13H2,(H,23,26). The Balaban J connectivity index is 1.38. The Morgan fingerprint density at radius 3 is 2.70 bits per heavy atom. The number of nitrogens with zero attached hydrogens (tertiary/aromatic N) is 4. The van der Waals surface area contributed by atoms with Gasteiger partial charge >= 0.3 is 0 Å². The summed E-state index contributed by atoms with van der Waals surface area (Å²) in [6.45, 7) is 1.10. The minimum absolute atomic E-state index is 0.248. The maximum Gasteiger partial charge on any atom is 0.291 e. The highest BCUT2D eigenvalue weighted by atomic mass is 79.9. The van der Waals surface area contributed by atoms with Gasteiger partial charge in [0.2, 0.25) is 0 Å². The fraction of sp³-hybridized carbons (Fsp3) is 0.105. The van der Waals surface area contributed by atoms with Gasteiger partial charge in [0.1, 0.15) is 5.76 Å². The maximum atomic E-state index is 12.4. The number of carbonyl (C=O) groups excluding carboxylic acids is 1. The predicted octanol–water partition coefficient (Wildman–Crippen LogP) is 3.78. The van der Waals surface area contributed by atoms with Crippen molar-refractivity contribution in [3.05, 3.63) is 88.8 Å². The van der Waals surface area contributed by atoms with E-state index in [0.717, 1.165) is 10.0 Å². The molecular formula is C19H16BrN5O2. The van der Waals surface area contributed by atoms with Gasteiger partial charge in [0, 0.05) is 23.1 Å². The minimum Gasteiger partial charge on any atom is -0.454 e. The Labute approximate surface area is 163 Å². The van der Waals surface area contributed by atoms with Gasteiger partial charge in [-0.3, -0.25) is 14.2 Å². The molecule has 1 aromatic carbocycles. The van der Waals surface area contributed by atoms with Crippen molar-refractivity contribution in [3.63, 3.8) is 0 Å². The average Bonchev–Trinajstić information content (AvgIpc) is 3.40. The molecule has 0 atom stereocenters. The lowest BCUT2D eigenvalue weighted by atomic mass is 10.2. The summed E-state index contributed by atoms with van der Waals surface area (Å²) in [7, 11) is 0. The van der Waals surface area contributed by atoms with Gasteiger partial charge in [-0.1, -0.05) is 28.1 Å². The molecule has 8 heteroatoms. The lowest BCUT2D eigenvalue weighted by molar-refractivity contribution is 0.0994. The Morgan fingerprint density at radius 1 is 1.07 bits per heavy atom. The van der Waals surface area contributed by atoms with Crippen LogP contribution in [0.15, 0.2) is 76.1 Å². The van der Waals surface area contributed by atoms with Gasteiger partial charge < -0.3 is 9.73 Å². The quantitative estimate of drug-likeness (QED) is 0.509. The zero-order valence-electron chi connectivity index (χ0n) is 14.2.